The Morgan fingerprint density at radius 3 is 2.63 bits per heavy atom. The van der Waals surface area contributed by atoms with E-state index in [1.807, 2.05) is 18.2 Å². The fraction of sp³-hybridized carbons (Fsp3) is 0.267. The van der Waals surface area contributed by atoms with Crippen molar-refractivity contribution in [2.75, 3.05) is 6.54 Å². The first-order valence-electron chi connectivity index (χ1n) is 6.18. The summed E-state index contributed by atoms with van der Waals surface area (Å²) in [5.74, 6) is -0.102. The van der Waals surface area contributed by atoms with Gasteiger partial charge in [-0.1, -0.05) is 42.5 Å². The smallest absolute Gasteiger partial charge is 0.236 e. The summed E-state index contributed by atoms with van der Waals surface area (Å²) in [6.07, 6.45) is 0.819. The standard InChI is InChI=1S/C15H18N2O.ClH/c1-11(16)15(18)17-10-9-13-7-4-6-12-5-2-3-8-14(12)13;/h2-8,11H,9-10,16H2,1H3,(H,17,18);1H. The molecule has 2 aromatic rings. The van der Waals surface area contributed by atoms with Crippen LogP contribution in [0.2, 0.25) is 0 Å². The fourth-order valence-electron chi connectivity index (χ4n) is 1.99. The molecule has 3 N–H and O–H groups in total. The number of carbonyl (C=O) groups is 1. The zero-order chi connectivity index (χ0) is 13.0. The highest BCUT2D eigenvalue weighted by molar-refractivity contribution is 5.86. The van der Waals surface area contributed by atoms with E-state index in [1.165, 1.54) is 16.3 Å². The van der Waals surface area contributed by atoms with Crippen molar-refractivity contribution in [3.63, 3.8) is 0 Å². The lowest BCUT2D eigenvalue weighted by Gasteiger charge is -2.09. The van der Waals surface area contributed by atoms with E-state index in [0.29, 0.717) is 6.54 Å². The van der Waals surface area contributed by atoms with E-state index in [2.05, 4.69) is 29.6 Å². The lowest BCUT2D eigenvalue weighted by Crippen LogP contribution is -2.39. The highest BCUT2D eigenvalue weighted by atomic mass is 35.5. The first-order valence-corrected chi connectivity index (χ1v) is 6.18. The molecule has 4 heteroatoms. The molecule has 1 unspecified atom stereocenters. The number of benzene rings is 2. The van der Waals surface area contributed by atoms with Crippen LogP contribution in [0.4, 0.5) is 0 Å². The number of nitrogens with two attached hydrogens (primary N) is 1. The zero-order valence-corrected chi connectivity index (χ0v) is 11.7. The van der Waals surface area contributed by atoms with Crippen LogP contribution >= 0.6 is 12.4 Å². The Kier molecular flexibility index (Phi) is 5.80. The number of hydrogen-bond donors (Lipinski definition) is 2. The summed E-state index contributed by atoms with van der Waals surface area (Å²) in [5, 5.41) is 5.31. The van der Waals surface area contributed by atoms with E-state index in [-0.39, 0.29) is 18.3 Å². The molecule has 0 fully saturated rings. The molecule has 0 bridgehead atoms. The quantitative estimate of drug-likeness (QED) is 0.901. The van der Waals surface area contributed by atoms with Crippen LogP contribution in [0.15, 0.2) is 42.5 Å². The number of nitrogens with one attached hydrogen (secondary N) is 1. The number of carbonyl (C=O) groups excluding carboxylic acids is 1. The molecule has 0 spiro atoms. The summed E-state index contributed by atoms with van der Waals surface area (Å²) < 4.78 is 0. The fourth-order valence-corrected chi connectivity index (χ4v) is 1.99. The number of amides is 1. The maximum absolute atomic E-state index is 11.4. The summed E-state index contributed by atoms with van der Waals surface area (Å²) in [6, 6.07) is 14.1. The van der Waals surface area contributed by atoms with Crippen LogP contribution in [0.25, 0.3) is 10.8 Å². The van der Waals surface area contributed by atoms with Crippen molar-refractivity contribution in [2.24, 2.45) is 5.73 Å². The van der Waals surface area contributed by atoms with Gasteiger partial charge in [-0.25, -0.2) is 0 Å². The minimum Gasteiger partial charge on any atom is -0.354 e. The average molecular weight is 279 g/mol. The molecule has 1 amide bonds. The van der Waals surface area contributed by atoms with E-state index in [0.717, 1.165) is 6.42 Å². The minimum atomic E-state index is -0.447. The summed E-state index contributed by atoms with van der Waals surface area (Å²) in [5.41, 5.74) is 6.74. The molecule has 0 saturated carbocycles. The molecule has 0 aromatic heterocycles. The van der Waals surface area contributed by atoms with Gasteiger partial charge in [0.15, 0.2) is 0 Å². The highest BCUT2D eigenvalue weighted by Crippen LogP contribution is 2.18. The monoisotopic (exact) mass is 278 g/mol. The van der Waals surface area contributed by atoms with Crippen LogP contribution in [0, 0.1) is 0 Å². The number of hydrogen-bond acceptors (Lipinski definition) is 2. The molecule has 2 aromatic carbocycles. The third kappa shape index (κ3) is 3.94. The van der Waals surface area contributed by atoms with Crippen molar-refractivity contribution in [1.29, 1.82) is 0 Å². The van der Waals surface area contributed by atoms with Crippen molar-refractivity contribution < 1.29 is 4.79 Å². The minimum absolute atomic E-state index is 0. The van der Waals surface area contributed by atoms with Gasteiger partial charge in [-0.05, 0) is 29.7 Å². The van der Waals surface area contributed by atoms with Gasteiger partial charge in [0.05, 0.1) is 6.04 Å². The van der Waals surface area contributed by atoms with Gasteiger partial charge in [-0.2, -0.15) is 0 Å². The van der Waals surface area contributed by atoms with Gasteiger partial charge >= 0.3 is 0 Å². The molecule has 0 aliphatic carbocycles. The Balaban J connectivity index is 0.00000180. The third-order valence-electron chi connectivity index (χ3n) is 2.99. The maximum Gasteiger partial charge on any atom is 0.236 e. The van der Waals surface area contributed by atoms with Crippen LogP contribution in [0.3, 0.4) is 0 Å². The Bertz CT molecular complexity index is 549. The van der Waals surface area contributed by atoms with E-state index < -0.39 is 6.04 Å². The lowest BCUT2D eigenvalue weighted by atomic mass is 10.0. The maximum atomic E-state index is 11.4. The molecule has 0 heterocycles. The van der Waals surface area contributed by atoms with E-state index in [1.54, 1.807) is 6.92 Å². The Morgan fingerprint density at radius 2 is 1.89 bits per heavy atom. The van der Waals surface area contributed by atoms with Gasteiger partial charge in [-0.3, -0.25) is 4.79 Å². The predicted octanol–water partition coefficient (Wildman–Crippen LogP) is 2.27. The third-order valence-corrected chi connectivity index (χ3v) is 2.99. The van der Waals surface area contributed by atoms with Crippen molar-refractivity contribution in [2.45, 2.75) is 19.4 Å². The number of halogens is 1. The van der Waals surface area contributed by atoms with Crippen LogP contribution < -0.4 is 11.1 Å². The topological polar surface area (TPSA) is 55.1 Å². The van der Waals surface area contributed by atoms with Crippen molar-refractivity contribution in [3.8, 4) is 0 Å². The molecule has 1 atom stereocenters. The zero-order valence-electron chi connectivity index (χ0n) is 10.9. The average Bonchev–Trinajstić information content (AvgIpc) is 2.38. The molecule has 2 rings (SSSR count). The Morgan fingerprint density at radius 1 is 1.21 bits per heavy atom. The molecule has 0 radical (unpaired) electrons. The molecule has 0 aliphatic heterocycles. The van der Waals surface area contributed by atoms with Crippen LogP contribution in [-0.4, -0.2) is 18.5 Å². The molecular weight excluding hydrogens is 260 g/mol. The molecule has 3 nitrogen and oxygen atoms in total. The van der Waals surface area contributed by atoms with Crippen molar-refractivity contribution in [3.05, 3.63) is 48.0 Å². The second kappa shape index (κ2) is 7.12. The largest absolute Gasteiger partial charge is 0.354 e. The second-order valence-electron chi connectivity index (χ2n) is 4.47. The Hall–Kier alpha value is -1.58. The number of fused-ring (bicyclic) bond motifs is 1. The van der Waals surface area contributed by atoms with Gasteiger partial charge in [0, 0.05) is 6.54 Å². The predicted molar refractivity (Wildman–Crippen MR) is 81.6 cm³/mol. The molecule has 102 valence electrons. The van der Waals surface area contributed by atoms with E-state index >= 15 is 0 Å². The molecule has 0 aliphatic rings. The molecular formula is C15H19ClN2O. The van der Waals surface area contributed by atoms with Gasteiger partial charge in [0.2, 0.25) is 5.91 Å². The van der Waals surface area contributed by atoms with Gasteiger partial charge in [0.25, 0.3) is 0 Å². The summed E-state index contributed by atoms with van der Waals surface area (Å²) in [4.78, 5) is 11.4. The lowest BCUT2D eigenvalue weighted by molar-refractivity contribution is -0.121. The van der Waals surface area contributed by atoms with E-state index in [4.69, 9.17) is 5.73 Å². The van der Waals surface area contributed by atoms with Crippen molar-refractivity contribution in [1.82, 2.24) is 5.32 Å². The molecule has 19 heavy (non-hydrogen) atoms. The first kappa shape index (κ1) is 15.5. The normalized spacial score (nSPS) is 11.7. The van der Waals surface area contributed by atoms with Gasteiger partial charge < -0.3 is 11.1 Å². The second-order valence-corrected chi connectivity index (χ2v) is 4.47. The van der Waals surface area contributed by atoms with Crippen LogP contribution in [0.5, 0.6) is 0 Å². The SMILES string of the molecule is CC(N)C(=O)NCCc1cccc2ccccc12.Cl. The Labute approximate surface area is 119 Å². The summed E-state index contributed by atoms with van der Waals surface area (Å²) in [6.45, 7) is 2.31. The summed E-state index contributed by atoms with van der Waals surface area (Å²) >= 11 is 0. The van der Waals surface area contributed by atoms with Crippen LogP contribution in [-0.2, 0) is 11.2 Å². The van der Waals surface area contributed by atoms with Crippen LogP contribution in [0.1, 0.15) is 12.5 Å². The van der Waals surface area contributed by atoms with E-state index in [9.17, 15) is 4.79 Å². The molecule has 0 saturated heterocycles. The van der Waals surface area contributed by atoms with Crippen molar-refractivity contribution >= 4 is 29.1 Å². The van der Waals surface area contributed by atoms with Gasteiger partial charge in [0.1, 0.15) is 0 Å². The first-order chi connectivity index (χ1) is 8.68. The highest BCUT2D eigenvalue weighted by Gasteiger charge is 2.06. The summed E-state index contributed by atoms with van der Waals surface area (Å²) in [7, 11) is 0. The number of rotatable bonds is 4. The van der Waals surface area contributed by atoms with Gasteiger partial charge in [-0.15, -0.1) is 12.4 Å².